The zero-order valence-corrected chi connectivity index (χ0v) is 13.3. The molecule has 0 saturated heterocycles. The third-order valence-corrected chi connectivity index (χ3v) is 3.90. The molecule has 0 spiro atoms. The fourth-order valence-electron chi connectivity index (χ4n) is 2.13. The first-order valence-corrected chi connectivity index (χ1v) is 7.19. The smallest absolute Gasteiger partial charge is 0.139 e. The topological polar surface area (TPSA) is 32.3 Å². The highest BCUT2D eigenvalue weighted by molar-refractivity contribution is 9.10. The Balaban J connectivity index is 2.27. The number of nitrogens with one attached hydrogen (secondary N) is 1. The lowest BCUT2D eigenvalue weighted by Crippen LogP contribution is -2.08. The van der Waals surface area contributed by atoms with Crippen molar-refractivity contribution in [2.75, 3.05) is 5.32 Å². The van der Waals surface area contributed by atoms with Crippen LogP contribution < -0.4 is 5.32 Å². The molecule has 2 aromatic carbocycles. The summed E-state index contributed by atoms with van der Waals surface area (Å²) in [5, 5.41) is 13.2. The van der Waals surface area contributed by atoms with Gasteiger partial charge in [0.2, 0.25) is 0 Å². The van der Waals surface area contributed by atoms with Gasteiger partial charge < -0.3 is 10.4 Å². The van der Waals surface area contributed by atoms with E-state index >= 15 is 0 Å². The standard InChI is InChI=1S/C16H17BrFNO/c1-9-4-5-12(16(20)6-9)11(3)19-15-8-14(18)13(17)7-10(15)2/h4-8,11,19-20H,1-3H3. The minimum absolute atomic E-state index is 0.116. The summed E-state index contributed by atoms with van der Waals surface area (Å²) in [6, 6.07) is 8.63. The van der Waals surface area contributed by atoms with Gasteiger partial charge in [0.05, 0.1) is 10.5 Å². The van der Waals surface area contributed by atoms with E-state index < -0.39 is 0 Å². The predicted molar refractivity (Wildman–Crippen MR) is 83.7 cm³/mol. The predicted octanol–water partition coefficient (Wildman–Crippen LogP) is 5.08. The first-order valence-electron chi connectivity index (χ1n) is 6.40. The average Bonchev–Trinajstić information content (AvgIpc) is 2.35. The number of rotatable bonds is 3. The maximum absolute atomic E-state index is 13.6. The Hall–Kier alpha value is -1.55. The molecule has 0 amide bonds. The van der Waals surface area contributed by atoms with Crippen molar-refractivity contribution >= 4 is 21.6 Å². The van der Waals surface area contributed by atoms with Crippen molar-refractivity contribution in [3.05, 3.63) is 57.3 Å². The Labute approximate surface area is 126 Å². The molecule has 2 nitrogen and oxygen atoms in total. The number of phenolic OH excluding ortho intramolecular Hbond substituents is 1. The summed E-state index contributed by atoms with van der Waals surface area (Å²) < 4.78 is 14.1. The molecule has 0 aliphatic carbocycles. The Morgan fingerprint density at radius 1 is 1.20 bits per heavy atom. The van der Waals surface area contributed by atoms with Gasteiger partial charge in [-0.05, 0) is 66.0 Å². The van der Waals surface area contributed by atoms with Gasteiger partial charge in [-0.25, -0.2) is 4.39 Å². The maximum Gasteiger partial charge on any atom is 0.139 e. The van der Waals surface area contributed by atoms with Crippen LogP contribution in [0.4, 0.5) is 10.1 Å². The summed E-state index contributed by atoms with van der Waals surface area (Å²) >= 11 is 3.17. The normalized spacial score (nSPS) is 12.2. The van der Waals surface area contributed by atoms with Crippen LogP contribution >= 0.6 is 15.9 Å². The summed E-state index contributed by atoms with van der Waals surface area (Å²) in [5.74, 6) is -0.0568. The van der Waals surface area contributed by atoms with Crippen molar-refractivity contribution in [3.8, 4) is 5.75 Å². The molecule has 0 aromatic heterocycles. The van der Waals surface area contributed by atoms with E-state index in [-0.39, 0.29) is 17.6 Å². The van der Waals surface area contributed by atoms with Gasteiger partial charge in [0, 0.05) is 11.3 Å². The first kappa shape index (κ1) is 14.9. The highest BCUT2D eigenvalue weighted by Crippen LogP contribution is 2.30. The van der Waals surface area contributed by atoms with Gasteiger partial charge in [-0.1, -0.05) is 12.1 Å². The highest BCUT2D eigenvalue weighted by Gasteiger charge is 2.13. The molecule has 0 radical (unpaired) electrons. The molecule has 1 atom stereocenters. The van der Waals surface area contributed by atoms with E-state index in [0.29, 0.717) is 4.47 Å². The van der Waals surface area contributed by atoms with E-state index in [0.717, 1.165) is 22.4 Å². The van der Waals surface area contributed by atoms with Gasteiger partial charge in [-0.15, -0.1) is 0 Å². The Bertz CT molecular complexity index is 643. The summed E-state index contributed by atoms with van der Waals surface area (Å²) in [7, 11) is 0. The van der Waals surface area contributed by atoms with E-state index in [9.17, 15) is 9.50 Å². The monoisotopic (exact) mass is 337 g/mol. The lowest BCUT2D eigenvalue weighted by Gasteiger charge is -2.19. The van der Waals surface area contributed by atoms with E-state index in [4.69, 9.17) is 0 Å². The van der Waals surface area contributed by atoms with Gasteiger partial charge in [0.15, 0.2) is 0 Å². The fraction of sp³-hybridized carbons (Fsp3) is 0.250. The van der Waals surface area contributed by atoms with Crippen LogP contribution in [0.3, 0.4) is 0 Å². The second-order valence-electron chi connectivity index (χ2n) is 5.01. The fourth-order valence-corrected chi connectivity index (χ4v) is 2.59. The molecule has 4 heteroatoms. The van der Waals surface area contributed by atoms with Gasteiger partial charge in [-0.3, -0.25) is 0 Å². The van der Waals surface area contributed by atoms with Crippen molar-refractivity contribution in [2.45, 2.75) is 26.8 Å². The lowest BCUT2D eigenvalue weighted by atomic mass is 10.0. The number of aryl methyl sites for hydroxylation is 2. The van der Waals surface area contributed by atoms with Gasteiger partial charge in [0.1, 0.15) is 11.6 Å². The molecule has 0 fully saturated rings. The van der Waals surface area contributed by atoms with Crippen LogP contribution in [0.25, 0.3) is 0 Å². The quantitative estimate of drug-likeness (QED) is 0.818. The van der Waals surface area contributed by atoms with E-state index in [2.05, 4.69) is 21.2 Å². The van der Waals surface area contributed by atoms with Crippen molar-refractivity contribution in [3.63, 3.8) is 0 Å². The Kier molecular flexibility index (Phi) is 4.33. The number of anilines is 1. The van der Waals surface area contributed by atoms with Crippen molar-refractivity contribution in [2.24, 2.45) is 0 Å². The molecular weight excluding hydrogens is 321 g/mol. The van der Waals surface area contributed by atoms with Crippen LogP contribution in [0.1, 0.15) is 29.7 Å². The molecule has 106 valence electrons. The van der Waals surface area contributed by atoms with Gasteiger partial charge in [0.25, 0.3) is 0 Å². The molecule has 0 heterocycles. The van der Waals surface area contributed by atoms with Crippen LogP contribution in [0.15, 0.2) is 34.8 Å². The number of phenols is 1. The van der Waals surface area contributed by atoms with Crippen LogP contribution in [-0.2, 0) is 0 Å². The largest absolute Gasteiger partial charge is 0.508 e. The van der Waals surface area contributed by atoms with Crippen LogP contribution in [0, 0.1) is 19.7 Å². The molecule has 20 heavy (non-hydrogen) atoms. The van der Waals surface area contributed by atoms with E-state index in [1.54, 1.807) is 12.1 Å². The maximum atomic E-state index is 13.6. The van der Waals surface area contributed by atoms with Crippen molar-refractivity contribution < 1.29 is 9.50 Å². The molecule has 2 N–H and O–H groups in total. The van der Waals surface area contributed by atoms with Crippen molar-refractivity contribution in [1.29, 1.82) is 0 Å². The molecule has 0 bridgehead atoms. The number of hydrogen-bond donors (Lipinski definition) is 2. The van der Waals surface area contributed by atoms with Gasteiger partial charge in [-0.2, -0.15) is 0 Å². The van der Waals surface area contributed by atoms with Gasteiger partial charge >= 0.3 is 0 Å². The Morgan fingerprint density at radius 2 is 1.90 bits per heavy atom. The second kappa shape index (κ2) is 5.83. The molecule has 0 aliphatic rings. The summed E-state index contributed by atoms with van der Waals surface area (Å²) in [6.07, 6.45) is 0. The zero-order valence-electron chi connectivity index (χ0n) is 11.7. The number of benzene rings is 2. The third kappa shape index (κ3) is 3.12. The third-order valence-electron chi connectivity index (χ3n) is 3.29. The molecule has 1 unspecified atom stereocenters. The molecule has 0 saturated carbocycles. The summed E-state index contributed by atoms with van der Waals surface area (Å²) in [4.78, 5) is 0. The molecule has 2 aromatic rings. The Morgan fingerprint density at radius 3 is 2.55 bits per heavy atom. The minimum Gasteiger partial charge on any atom is -0.508 e. The van der Waals surface area contributed by atoms with E-state index in [1.807, 2.05) is 32.9 Å². The SMILES string of the molecule is Cc1ccc(C(C)Nc2cc(F)c(Br)cc2C)c(O)c1. The summed E-state index contributed by atoms with van der Waals surface area (Å²) in [5.41, 5.74) is 3.46. The zero-order chi connectivity index (χ0) is 14.9. The van der Waals surface area contributed by atoms with Crippen LogP contribution in [-0.4, -0.2) is 5.11 Å². The summed E-state index contributed by atoms with van der Waals surface area (Å²) in [6.45, 7) is 5.77. The minimum atomic E-state index is -0.307. The van der Waals surface area contributed by atoms with Crippen LogP contribution in [0.5, 0.6) is 5.75 Å². The molecule has 2 rings (SSSR count). The first-order chi connectivity index (χ1) is 9.38. The average molecular weight is 338 g/mol. The van der Waals surface area contributed by atoms with Crippen molar-refractivity contribution in [1.82, 2.24) is 0 Å². The second-order valence-corrected chi connectivity index (χ2v) is 5.86. The van der Waals surface area contributed by atoms with E-state index in [1.165, 1.54) is 6.07 Å². The lowest BCUT2D eigenvalue weighted by molar-refractivity contribution is 0.465. The molecular formula is C16H17BrFNO. The van der Waals surface area contributed by atoms with Crippen LogP contribution in [0.2, 0.25) is 0 Å². The number of halogens is 2. The number of hydrogen-bond acceptors (Lipinski definition) is 2. The highest BCUT2D eigenvalue weighted by atomic mass is 79.9. The number of aromatic hydroxyl groups is 1. The molecule has 0 aliphatic heterocycles.